The highest BCUT2D eigenvalue weighted by Gasteiger charge is 2.43. The molecule has 0 aliphatic heterocycles. The minimum absolute atomic E-state index is 0.106. The molecule has 7 heteroatoms. The minimum Gasteiger partial charge on any atom is -0.357 e. The van der Waals surface area contributed by atoms with Crippen LogP contribution >= 0.6 is 0 Å². The van der Waals surface area contributed by atoms with Gasteiger partial charge in [0.2, 0.25) is 10.0 Å². The first-order valence-electron chi connectivity index (χ1n) is 9.12. The zero-order valence-corrected chi connectivity index (χ0v) is 16.3. The van der Waals surface area contributed by atoms with Crippen molar-refractivity contribution in [2.75, 3.05) is 13.1 Å². The summed E-state index contributed by atoms with van der Waals surface area (Å²) in [7, 11) is -3.71. The predicted octanol–water partition coefficient (Wildman–Crippen LogP) is 2.12. The standard InChI is InChI=1S/C20H26N4O2S/c1-2-22-19(23-14-16-7-6-10-18(13-16)27(21,25)26)24-15-20(11-12-20)17-8-4-3-5-9-17/h3-10,13H,2,11-12,14-15H2,1H3,(H2,21,25,26)(H2,22,23,24). The molecule has 1 aliphatic carbocycles. The molecular weight excluding hydrogens is 360 g/mol. The summed E-state index contributed by atoms with van der Waals surface area (Å²) in [4.78, 5) is 4.70. The van der Waals surface area contributed by atoms with E-state index in [4.69, 9.17) is 5.14 Å². The Labute approximate surface area is 160 Å². The molecule has 3 rings (SSSR count). The summed E-state index contributed by atoms with van der Waals surface area (Å²) in [6.07, 6.45) is 2.33. The lowest BCUT2D eigenvalue weighted by Gasteiger charge is -2.19. The van der Waals surface area contributed by atoms with E-state index in [1.165, 1.54) is 24.5 Å². The van der Waals surface area contributed by atoms with E-state index in [9.17, 15) is 8.42 Å². The second-order valence-corrected chi connectivity index (χ2v) is 8.45. The zero-order valence-electron chi connectivity index (χ0n) is 15.5. The summed E-state index contributed by atoms with van der Waals surface area (Å²) >= 11 is 0. The van der Waals surface area contributed by atoms with Gasteiger partial charge in [-0.2, -0.15) is 0 Å². The van der Waals surface area contributed by atoms with Gasteiger partial charge >= 0.3 is 0 Å². The third-order valence-corrected chi connectivity index (χ3v) is 5.74. The van der Waals surface area contributed by atoms with E-state index >= 15 is 0 Å². The van der Waals surface area contributed by atoms with E-state index in [1.807, 2.05) is 19.1 Å². The molecule has 0 spiro atoms. The largest absolute Gasteiger partial charge is 0.357 e. The molecule has 0 radical (unpaired) electrons. The van der Waals surface area contributed by atoms with Crippen LogP contribution in [0.25, 0.3) is 0 Å². The van der Waals surface area contributed by atoms with Crippen molar-refractivity contribution >= 4 is 16.0 Å². The second kappa shape index (κ2) is 8.10. The van der Waals surface area contributed by atoms with E-state index in [2.05, 4.69) is 39.9 Å². The van der Waals surface area contributed by atoms with Crippen LogP contribution < -0.4 is 15.8 Å². The number of primary sulfonamides is 1. The van der Waals surface area contributed by atoms with Gasteiger partial charge in [-0.1, -0.05) is 42.5 Å². The Bertz CT molecular complexity index is 907. The van der Waals surface area contributed by atoms with Crippen LogP contribution in [-0.2, 0) is 22.0 Å². The van der Waals surface area contributed by atoms with Crippen LogP contribution in [0.4, 0.5) is 0 Å². The lowest BCUT2D eigenvalue weighted by molar-refractivity contribution is 0.597. The van der Waals surface area contributed by atoms with Gasteiger partial charge in [0, 0.05) is 18.5 Å². The van der Waals surface area contributed by atoms with Gasteiger partial charge in [0.1, 0.15) is 0 Å². The highest BCUT2D eigenvalue weighted by atomic mass is 32.2. The number of nitrogens with zero attached hydrogens (tertiary/aromatic N) is 1. The molecule has 4 N–H and O–H groups in total. The number of rotatable bonds is 7. The Hall–Kier alpha value is -2.38. The quantitative estimate of drug-likeness (QED) is 0.502. The lowest BCUT2D eigenvalue weighted by Crippen LogP contribution is -2.41. The van der Waals surface area contributed by atoms with E-state index in [-0.39, 0.29) is 10.3 Å². The summed E-state index contributed by atoms with van der Waals surface area (Å²) in [5.74, 6) is 0.723. The van der Waals surface area contributed by atoms with Crippen LogP contribution in [0.15, 0.2) is 64.5 Å². The summed E-state index contributed by atoms with van der Waals surface area (Å²) in [5.41, 5.74) is 2.34. The van der Waals surface area contributed by atoms with Gasteiger partial charge in [0.15, 0.2) is 5.96 Å². The topological polar surface area (TPSA) is 96.6 Å². The lowest BCUT2D eigenvalue weighted by atomic mass is 9.96. The molecule has 0 amide bonds. The molecule has 0 atom stereocenters. The number of nitrogens with two attached hydrogens (primary N) is 1. The van der Waals surface area contributed by atoms with Gasteiger partial charge in [-0.15, -0.1) is 0 Å². The number of benzene rings is 2. The number of hydrogen-bond acceptors (Lipinski definition) is 3. The number of nitrogens with one attached hydrogen (secondary N) is 2. The fraction of sp³-hybridized carbons (Fsp3) is 0.350. The molecule has 0 unspecified atom stereocenters. The molecule has 1 aliphatic rings. The molecule has 0 bridgehead atoms. The molecule has 0 heterocycles. The molecule has 0 aromatic heterocycles. The van der Waals surface area contributed by atoms with Crippen molar-refractivity contribution in [1.82, 2.24) is 10.6 Å². The van der Waals surface area contributed by atoms with E-state index in [0.717, 1.165) is 24.6 Å². The van der Waals surface area contributed by atoms with Crippen molar-refractivity contribution in [3.8, 4) is 0 Å². The van der Waals surface area contributed by atoms with Crippen LogP contribution in [0.5, 0.6) is 0 Å². The predicted molar refractivity (Wildman–Crippen MR) is 108 cm³/mol. The van der Waals surface area contributed by atoms with E-state index in [1.54, 1.807) is 12.1 Å². The summed E-state index contributed by atoms with van der Waals surface area (Å²) < 4.78 is 23.0. The number of guanidine groups is 1. The SMILES string of the molecule is CCNC(=NCc1cccc(S(N)(=O)=O)c1)NCC1(c2ccccc2)CC1. The second-order valence-electron chi connectivity index (χ2n) is 6.89. The highest BCUT2D eigenvalue weighted by Crippen LogP contribution is 2.47. The molecule has 2 aromatic rings. The maximum absolute atomic E-state index is 11.5. The molecular formula is C20H26N4O2S. The number of sulfonamides is 1. The normalized spacial score (nSPS) is 16.0. The Morgan fingerprint density at radius 3 is 2.48 bits per heavy atom. The molecule has 144 valence electrons. The number of aliphatic imine (C=N–C) groups is 1. The van der Waals surface area contributed by atoms with Gasteiger partial charge < -0.3 is 10.6 Å². The maximum Gasteiger partial charge on any atom is 0.238 e. The number of hydrogen-bond donors (Lipinski definition) is 3. The average molecular weight is 387 g/mol. The Morgan fingerprint density at radius 2 is 1.85 bits per heavy atom. The first-order valence-corrected chi connectivity index (χ1v) is 10.7. The summed E-state index contributed by atoms with van der Waals surface area (Å²) in [5, 5.41) is 11.9. The van der Waals surface area contributed by atoms with Crippen LogP contribution in [0.1, 0.15) is 30.9 Å². The molecule has 0 saturated heterocycles. The van der Waals surface area contributed by atoms with Gasteiger partial charge in [-0.3, -0.25) is 0 Å². The third kappa shape index (κ3) is 5.08. The smallest absolute Gasteiger partial charge is 0.238 e. The summed E-state index contributed by atoms with van der Waals surface area (Å²) in [6.45, 7) is 3.96. The van der Waals surface area contributed by atoms with Crippen LogP contribution in [0, 0.1) is 0 Å². The fourth-order valence-electron chi connectivity index (χ4n) is 3.10. The van der Waals surface area contributed by atoms with Crippen LogP contribution in [0.3, 0.4) is 0 Å². The Kier molecular flexibility index (Phi) is 5.82. The molecule has 6 nitrogen and oxygen atoms in total. The molecule has 1 saturated carbocycles. The van der Waals surface area contributed by atoms with Gasteiger partial charge in [-0.25, -0.2) is 18.5 Å². The first kappa shape index (κ1) is 19.4. The maximum atomic E-state index is 11.5. The van der Waals surface area contributed by atoms with Crippen molar-refractivity contribution in [3.63, 3.8) is 0 Å². The monoisotopic (exact) mass is 386 g/mol. The van der Waals surface area contributed by atoms with Crippen molar-refractivity contribution < 1.29 is 8.42 Å². The minimum atomic E-state index is -3.71. The molecule has 27 heavy (non-hydrogen) atoms. The highest BCUT2D eigenvalue weighted by molar-refractivity contribution is 7.89. The Morgan fingerprint density at radius 1 is 1.11 bits per heavy atom. The third-order valence-electron chi connectivity index (χ3n) is 4.82. The zero-order chi connectivity index (χ0) is 19.3. The summed E-state index contributed by atoms with van der Waals surface area (Å²) in [6, 6.07) is 17.1. The van der Waals surface area contributed by atoms with Crippen molar-refractivity contribution in [3.05, 3.63) is 65.7 Å². The van der Waals surface area contributed by atoms with Crippen LogP contribution in [0.2, 0.25) is 0 Å². The fourth-order valence-corrected chi connectivity index (χ4v) is 3.68. The van der Waals surface area contributed by atoms with Crippen LogP contribution in [-0.4, -0.2) is 27.5 Å². The van der Waals surface area contributed by atoms with Crippen molar-refractivity contribution in [2.24, 2.45) is 10.1 Å². The molecule has 1 fully saturated rings. The van der Waals surface area contributed by atoms with Gasteiger partial charge in [-0.05, 0) is 43.0 Å². The average Bonchev–Trinajstić information content (AvgIpc) is 3.45. The van der Waals surface area contributed by atoms with E-state index < -0.39 is 10.0 Å². The van der Waals surface area contributed by atoms with Gasteiger partial charge in [0.25, 0.3) is 0 Å². The van der Waals surface area contributed by atoms with E-state index in [0.29, 0.717) is 6.54 Å². The van der Waals surface area contributed by atoms with Crippen molar-refractivity contribution in [1.29, 1.82) is 0 Å². The Balaban J connectivity index is 1.67. The van der Waals surface area contributed by atoms with Crippen molar-refractivity contribution in [2.45, 2.75) is 36.6 Å². The van der Waals surface area contributed by atoms with Gasteiger partial charge in [0.05, 0.1) is 11.4 Å². The first-order chi connectivity index (χ1) is 12.9. The molecule has 2 aromatic carbocycles.